The summed E-state index contributed by atoms with van der Waals surface area (Å²) in [5.74, 6) is 0.370. The van der Waals surface area contributed by atoms with Gasteiger partial charge in [0.25, 0.3) is 5.91 Å². The standard InChI is InChI=1S/C23H25ClN4O4S/c1-15(2)16-5-8-19(9-6-16)28(33(4,30)31)14-22(29)27-25-13-18-11-17-7-10-20(32-3)12-21(17)26-23(18)24/h5-13,15H,14H2,1-4H3,(H,27,29)/b25-13-. The van der Waals surface area contributed by atoms with Gasteiger partial charge >= 0.3 is 0 Å². The van der Waals surface area contributed by atoms with Gasteiger partial charge in [-0.05, 0) is 41.8 Å². The number of fused-ring (bicyclic) bond motifs is 1. The van der Waals surface area contributed by atoms with Crippen LogP contribution in [0.15, 0.2) is 53.6 Å². The fraction of sp³-hybridized carbons (Fsp3) is 0.261. The zero-order chi connectivity index (χ0) is 24.2. The SMILES string of the molecule is COc1ccc2cc(/C=N\NC(=O)CN(c3ccc(C(C)C)cc3)S(C)(=O)=O)c(Cl)nc2c1. The first-order chi connectivity index (χ1) is 15.6. The van der Waals surface area contributed by atoms with Crippen LogP contribution in [-0.4, -0.2) is 45.4 Å². The first-order valence-electron chi connectivity index (χ1n) is 10.1. The van der Waals surface area contributed by atoms with Crippen LogP contribution in [0.2, 0.25) is 5.15 Å². The Kier molecular flexibility index (Phi) is 7.55. The maximum absolute atomic E-state index is 12.4. The molecule has 0 saturated carbocycles. The molecule has 10 heteroatoms. The van der Waals surface area contributed by atoms with Crippen LogP contribution in [0.4, 0.5) is 5.69 Å². The Morgan fingerprint density at radius 3 is 2.52 bits per heavy atom. The van der Waals surface area contributed by atoms with Gasteiger partial charge in [-0.2, -0.15) is 5.10 Å². The summed E-state index contributed by atoms with van der Waals surface area (Å²) in [5, 5.41) is 4.94. The topological polar surface area (TPSA) is 101 Å². The lowest BCUT2D eigenvalue weighted by molar-refractivity contribution is -0.119. The molecule has 0 aliphatic rings. The minimum absolute atomic E-state index is 0.205. The van der Waals surface area contributed by atoms with E-state index in [1.807, 2.05) is 32.0 Å². The minimum atomic E-state index is -3.68. The van der Waals surface area contributed by atoms with Crippen LogP contribution in [0.5, 0.6) is 5.75 Å². The van der Waals surface area contributed by atoms with E-state index in [4.69, 9.17) is 16.3 Å². The fourth-order valence-corrected chi connectivity index (χ4v) is 4.17. The second-order valence-electron chi connectivity index (χ2n) is 7.74. The van der Waals surface area contributed by atoms with E-state index in [9.17, 15) is 13.2 Å². The van der Waals surface area contributed by atoms with Crippen molar-refractivity contribution in [2.24, 2.45) is 5.10 Å². The molecule has 1 aromatic heterocycles. The molecule has 0 bridgehead atoms. The maximum Gasteiger partial charge on any atom is 0.260 e. The van der Waals surface area contributed by atoms with Crippen molar-refractivity contribution in [3.8, 4) is 5.75 Å². The number of nitrogens with zero attached hydrogens (tertiary/aromatic N) is 3. The van der Waals surface area contributed by atoms with Crippen LogP contribution in [0.1, 0.15) is 30.9 Å². The molecular formula is C23H25ClN4O4S. The quantitative estimate of drug-likeness (QED) is 0.294. The largest absolute Gasteiger partial charge is 0.497 e. The number of sulfonamides is 1. The molecule has 0 fully saturated rings. The van der Waals surface area contributed by atoms with E-state index in [1.54, 1.807) is 37.4 Å². The number of amides is 1. The number of carbonyl (C=O) groups excluding carboxylic acids is 1. The summed E-state index contributed by atoms with van der Waals surface area (Å²) in [4.78, 5) is 16.7. The molecule has 1 heterocycles. The van der Waals surface area contributed by atoms with Crippen LogP contribution >= 0.6 is 11.6 Å². The van der Waals surface area contributed by atoms with Crippen LogP contribution < -0.4 is 14.5 Å². The summed E-state index contributed by atoms with van der Waals surface area (Å²) >= 11 is 6.23. The second kappa shape index (κ2) is 10.2. The number of aromatic nitrogens is 1. The van der Waals surface area contributed by atoms with Gasteiger partial charge in [-0.3, -0.25) is 9.10 Å². The molecule has 2 aromatic carbocycles. The molecule has 1 amide bonds. The van der Waals surface area contributed by atoms with Crippen LogP contribution in [0.25, 0.3) is 10.9 Å². The van der Waals surface area contributed by atoms with Gasteiger partial charge in [0.05, 0.1) is 30.8 Å². The average Bonchev–Trinajstić information content (AvgIpc) is 2.76. The van der Waals surface area contributed by atoms with E-state index in [1.165, 1.54) is 6.21 Å². The number of pyridine rings is 1. The summed E-state index contributed by atoms with van der Waals surface area (Å²) in [7, 11) is -2.11. The number of ether oxygens (including phenoxy) is 1. The third-order valence-electron chi connectivity index (χ3n) is 4.93. The van der Waals surface area contributed by atoms with Crippen molar-refractivity contribution in [3.05, 3.63) is 64.8 Å². The summed E-state index contributed by atoms with van der Waals surface area (Å²) < 4.78 is 30.7. The van der Waals surface area contributed by atoms with Crippen molar-refractivity contribution in [2.45, 2.75) is 19.8 Å². The Morgan fingerprint density at radius 2 is 1.91 bits per heavy atom. The van der Waals surface area contributed by atoms with E-state index in [2.05, 4.69) is 15.5 Å². The van der Waals surface area contributed by atoms with Crippen LogP contribution in [0.3, 0.4) is 0 Å². The number of rotatable bonds is 8. The highest BCUT2D eigenvalue weighted by molar-refractivity contribution is 7.92. The highest BCUT2D eigenvalue weighted by Gasteiger charge is 2.21. The molecular weight excluding hydrogens is 464 g/mol. The lowest BCUT2D eigenvalue weighted by atomic mass is 10.0. The molecule has 0 radical (unpaired) electrons. The first-order valence-corrected chi connectivity index (χ1v) is 12.3. The number of anilines is 1. The normalized spacial score (nSPS) is 11.8. The van der Waals surface area contributed by atoms with E-state index in [-0.39, 0.29) is 5.15 Å². The summed E-state index contributed by atoms with van der Waals surface area (Å²) in [5.41, 5.74) is 4.97. The van der Waals surface area contributed by atoms with Gasteiger partial charge in [-0.1, -0.05) is 37.6 Å². The van der Waals surface area contributed by atoms with Gasteiger partial charge in [0, 0.05) is 17.0 Å². The minimum Gasteiger partial charge on any atom is -0.497 e. The van der Waals surface area contributed by atoms with Crippen molar-refractivity contribution in [2.75, 3.05) is 24.2 Å². The van der Waals surface area contributed by atoms with Gasteiger partial charge in [0.2, 0.25) is 10.0 Å². The van der Waals surface area contributed by atoms with Gasteiger partial charge in [-0.15, -0.1) is 0 Å². The lowest BCUT2D eigenvalue weighted by Gasteiger charge is -2.21. The van der Waals surface area contributed by atoms with Gasteiger partial charge in [-0.25, -0.2) is 18.8 Å². The molecule has 0 aliphatic carbocycles. The number of carbonyl (C=O) groups is 1. The summed E-state index contributed by atoms with van der Waals surface area (Å²) in [6.45, 7) is 3.67. The van der Waals surface area contributed by atoms with E-state index in [0.29, 0.717) is 28.4 Å². The number of nitrogens with one attached hydrogen (secondary N) is 1. The van der Waals surface area contributed by atoms with Crippen LogP contribution in [-0.2, 0) is 14.8 Å². The average molecular weight is 489 g/mol. The number of hydrogen-bond acceptors (Lipinski definition) is 6. The Balaban J connectivity index is 1.72. The van der Waals surface area contributed by atoms with Crippen molar-refractivity contribution in [1.29, 1.82) is 0 Å². The zero-order valence-corrected chi connectivity index (χ0v) is 20.3. The molecule has 3 aromatic rings. The number of methoxy groups -OCH3 is 1. The van der Waals surface area contributed by atoms with Crippen molar-refractivity contribution in [3.63, 3.8) is 0 Å². The highest BCUT2D eigenvalue weighted by Crippen LogP contribution is 2.24. The molecule has 174 valence electrons. The van der Waals surface area contributed by atoms with Crippen LogP contribution in [0, 0.1) is 0 Å². The second-order valence-corrected chi connectivity index (χ2v) is 10.0. The summed E-state index contributed by atoms with van der Waals surface area (Å²) in [6.07, 6.45) is 2.41. The molecule has 1 N–H and O–H groups in total. The van der Waals surface area contributed by atoms with Gasteiger partial charge in [0.15, 0.2) is 0 Å². The van der Waals surface area contributed by atoms with Crippen molar-refractivity contribution < 1.29 is 17.9 Å². The molecule has 8 nitrogen and oxygen atoms in total. The predicted octanol–water partition coefficient (Wildman–Crippen LogP) is 3.94. The van der Waals surface area contributed by atoms with Gasteiger partial charge in [0.1, 0.15) is 17.4 Å². The third kappa shape index (κ3) is 6.21. The molecule has 33 heavy (non-hydrogen) atoms. The lowest BCUT2D eigenvalue weighted by Crippen LogP contribution is -2.39. The number of benzene rings is 2. The predicted molar refractivity (Wildman–Crippen MR) is 132 cm³/mol. The Labute approximate surface area is 198 Å². The number of hydrazone groups is 1. The van der Waals surface area contributed by atoms with Crippen molar-refractivity contribution >= 4 is 50.3 Å². The Bertz CT molecular complexity index is 1290. The van der Waals surface area contributed by atoms with E-state index < -0.39 is 22.5 Å². The first kappa shape index (κ1) is 24.5. The molecule has 0 unspecified atom stereocenters. The van der Waals surface area contributed by atoms with E-state index in [0.717, 1.165) is 21.5 Å². The monoisotopic (exact) mass is 488 g/mol. The maximum atomic E-state index is 12.4. The van der Waals surface area contributed by atoms with Crippen molar-refractivity contribution in [1.82, 2.24) is 10.4 Å². The summed E-state index contributed by atoms with van der Waals surface area (Å²) in [6, 6.07) is 14.2. The number of hydrogen-bond donors (Lipinski definition) is 1. The van der Waals surface area contributed by atoms with E-state index >= 15 is 0 Å². The number of halogens is 1. The Hall–Kier alpha value is -3.17. The Morgan fingerprint density at radius 1 is 1.21 bits per heavy atom. The zero-order valence-electron chi connectivity index (χ0n) is 18.7. The fourth-order valence-electron chi connectivity index (χ4n) is 3.12. The molecule has 0 atom stereocenters. The third-order valence-corrected chi connectivity index (χ3v) is 6.38. The molecule has 0 saturated heterocycles. The van der Waals surface area contributed by atoms with Gasteiger partial charge < -0.3 is 4.74 Å². The molecule has 3 rings (SSSR count). The smallest absolute Gasteiger partial charge is 0.260 e. The molecule has 0 aliphatic heterocycles. The highest BCUT2D eigenvalue weighted by atomic mass is 35.5. The molecule has 0 spiro atoms.